The first-order valence-electron chi connectivity index (χ1n) is 5.77. The van der Waals surface area contributed by atoms with Gasteiger partial charge in [-0.2, -0.15) is 0 Å². The SMILES string of the molecule is Cl.Cl.O=C(NCC1CNC1)c1csc(C2CC2)n1. The number of nitrogens with zero attached hydrogens (tertiary/aromatic N) is 1. The van der Waals surface area contributed by atoms with Gasteiger partial charge in [-0.25, -0.2) is 4.98 Å². The van der Waals surface area contributed by atoms with Crippen LogP contribution in [-0.4, -0.2) is 30.5 Å². The topological polar surface area (TPSA) is 54.0 Å². The van der Waals surface area contributed by atoms with Gasteiger partial charge in [0.2, 0.25) is 0 Å². The van der Waals surface area contributed by atoms with Crippen molar-refractivity contribution in [2.75, 3.05) is 19.6 Å². The highest BCUT2D eigenvalue weighted by atomic mass is 35.5. The third-order valence-electron chi connectivity index (χ3n) is 3.10. The Morgan fingerprint density at radius 2 is 2.17 bits per heavy atom. The summed E-state index contributed by atoms with van der Waals surface area (Å²) >= 11 is 1.62. The molecule has 1 saturated heterocycles. The van der Waals surface area contributed by atoms with Gasteiger partial charge in [0.05, 0.1) is 5.01 Å². The first-order valence-corrected chi connectivity index (χ1v) is 6.65. The van der Waals surface area contributed by atoms with Crippen molar-refractivity contribution in [1.82, 2.24) is 15.6 Å². The van der Waals surface area contributed by atoms with E-state index in [9.17, 15) is 4.79 Å². The largest absolute Gasteiger partial charge is 0.350 e. The van der Waals surface area contributed by atoms with Gasteiger partial charge in [0.15, 0.2) is 0 Å². The fourth-order valence-corrected chi connectivity index (χ4v) is 2.70. The molecule has 3 rings (SSSR count). The van der Waals surface area contributed by atoms with Crippen molar-refractivity contribution < 1.29 is 4.79 Å². The molecule has 0 bridgehead atoms. The monoisotopic (exact) mass is 309 g/mol. The Bertz CT molecular complexity index is 405. The molecular formula is C11H17Cl2N3OS. The van der Waals surface area contributed by atoms with E-state index in [0.717, 1.165) is 24.6 Å². The zero-order chi connectivity index (χ0) is 11.0. The molecule has 1 aliphatic carbocycles. The minimum atomic E-state index is -0.0185. The summed E-state index contributed by atoms with van der Waals surface area (Å²) in [5.74, 6) is 1.22. The van der Waals surface area contributed by atoms with E-state index >= 15 is 0 Å². The second-order valence-corrected chi connectivity index (χ2v) is 5.47. The zero-order valence-corrected chi connectivity index (χ0v) is 12.3. The van der Waals surface area contributed by atoms with Crippen LogP contribution in [0.2, 0.25) is 0 Å². The number of aromatic nitrogens is 1. The maximum Gasteiger partial charge on any atom is 0.270 e. The van der Waals surface area contributed by atoms with Gasteiger partial charge < -0.3 is 10.6 Å². The highest BCUT2D eigenvalue weighted by molar-refractivity contribution is 7.10. The molecule has 1 aromatic heterocycles. The summed E-state index contributed by atoms with van der Waals surface area (Å²) in [6.45, 7) is 2.80. The Kier molecular flexibility index (Phi) is 5.85. The summed E-state index contributed by atoms with van der Waals surface area (Å²) in [6, 6.07) is 0. The molecule has 1 aliphatic heterocycles. The number of halogens is 2. The molecule has 102 valence electrons. The Balaban J connectivity index is 0.000000810. The number of amides is 1. The van der Waals surface area contributed by atoms with Crippen LogP contribution >= 0.6 is 36.2 Å². The van der Waals surface area contributed by atoms with Gasteiger partial charge in [-0.3, -0.25) is 4.79 Å². The smallest absolute Gasteiger partial charge is 0.270 e. The molecule has 0 unspecified atom stereocenters. The first kappa shape index (κ1) is 15.7. The molecule has 0 atom stereocenters. The van der Waals surface area contributed by atoms with Gasteiger partial charge in [-0.05, 0) is 12.8 Å². The maximum absolute atomic E-state index is 11.8. The van der Waals surface area contributed by atoms with Crippen LogP contribution < -0.4 is 10.6 Å². The lowest BCUT2D eigenvalue weighted by Gasteiger charge is -2.26. The second kappa shape index (κ2) is 6.70. The highest BCUT2D eigenvalue weighted by Crippen LogP contribution is 2.41. The predicted molar refractivity (Wildman–Crippen MR) is 77.3 cm³/mol. The molecule has 7 heteroatoms. The Labute approximate surface area is 123 Å². The van der Waals surface area contributed by atoms with Crippen LogP contribution in [0, 0.1) is 5.92 Å². The molecule has 1 saturated carbocycles. The van der Waals surface area contributed by atoms with Crippen molar-refractivity contribution in [3.63, 3.8) is 0 Å². The Hall–Kier alpha value is -0.360. The van der Waals surface area contributed by atoms with Crippen LogP contribution in [0.15, 0.2) is 5.38 Å². The maximum atomic E-state index is 11.8. The van der Waals surface area contributed by atoms with E-state index in [1.807, 2.05) is 5.38 Å². The molecule has 18 heavy (non-hydrogen) atoms. The van der Waals surface area contributed by atoms with Crippen molar-refractivity contribution in [2.45, 2.75) is 18.8 Å². The molecule has 2 N–H and O–H groups in total. The highest BCUT2D eigenvalue weighted by Gasteiger charge is 2.27. The summed E-state index contributed by atoms with van der Waals surface area (Å²) in [6.07, 6.45) is 2.48. The van der Waals surface area contributed by atoms with Gasteiger partial charge in [0, 0.05) is 36.9 Å². The van der Waals surface area contributed by atoms with Crippen LogP contribution in [0.4, 0.5) is 0 Å². The number of carbonyl (C=O) groups excluding carboxylic acids is 1. The van der Waals surface area contributed by atoms with E-state index in [4.69, 9.17) is 0 Å². The number of hydrogen-bond acceptors (Lipinski definition) is 4. The summed E-state index contributed by atoms with van der Waals surface area (Å²) < 4.78 is 0. The third kappa shape index (κ3) is 3.57. The number of thiazole rings is 1. The van der Waals surface area contributed by atoms with Crippen molar-refractivity contribution in [3.05, 3.63) is 16.1 Å². The van der Waals surface area contributed by atoms with Gasteiger partial charge in [-0.1, -0.05) is 0 Å². The fraction of sp³-hybridized carbons (Fsp3) is 0.636. The molecule has 1 aromatic rings. The summed E-state index contributed by atoms with van der Waals surface area (Å²) in [7, 11) is 0. The van der Waals surface area contributed by atoms with Crippen LogP contribution in [0.5, 0.6) is 0 Å². The predicted octanol–water partition coefficient (Wildman–Crippen LogP) is 1.81. The lowest BCUT2D eigenvalue weighted by atomic mass is 10.0. The fourth-order valence-electron chi connectivity index (χ4n) is 1.73. The zero-order valence-electron chi connectivity index (χ0n) is 9.85. The van der Waals surface area contributed by atoms with Crippen LogP contribution in [0.25, 0.3) is 0 Å². The van der Waals surface area contributed by atoms with E-state index in [1.54, 1.807) is 11.3 Å². The van der Waals surface area contributed by atoms with E-state index in [1.165, 1.54) is 12.8 Å². The minimum Gasteiger partial charge on any atom is -0.350 e. The van der Waals surface area contributed by atoms with E-state index in [2.05, 4.69) is 15.6 Å². The normalized spacial score (nSPS) is 18.2. The van der Waals surface area contributed by atoms with Gasteiger partial charge in [0.25, 0.3) is 5.91 Å². The number of nitrogens with one attached hydrogen (secondary N) is 2. The first-order chi connectivity index (χ1) is 7.83. The summed E-state index contributed by atoms with van der Waals surface area (Å²) in [5.41, 5.74) is 0.596. The Morgan fingerprint density at radius 1 is 1.44 bits per heavy atom. The van der Waals surface area contributed by atoms with Gasteiger partial charge in [-0.15, -0.1) is 36.2 Å². The molecule has 0 radical (unpaired) electrons. The Morgan fingerprint density at radius 3 is 2.72 bits per heavy atom. The van der Waals surface area contributed by atoms with Crippen LogP contribution in [0.1, 0.15) is 34.3 Å². The van der Waals surface area contributed by atoms with Gasteiger partial charge in [0.1, 0.15) is 5.69 Å². The van der Waals surface area contributed by atoms with E-state index < -0.39 is 0 Å². The summed E-state index contributed by atoms with van der Waals surface area (Å²) in [4.78, 5) is 16.1. The number of hydrogen-bond donors (Lipinski definition) is 2. The lowest BCUT2D eigenvalue weighted by Crippen LogP contribution is -2.48. The van der Waals surface area contributed by atoms with Crippen molar-refractivity contribution in [2.24, 2.45) is 5.92 Å². The van der Waals surface area contributed by atoms with Crippen molar-refractivity contribution >= 4 is 42.1 Å². The molecule has 1 amide bonds. The van der Waals surface area contributed by atoms with Crippen molar-refractivity contribution in [3.8, 4) is 0 Å². The second-order valence-electron chi connectivity index (χ2n) is 4.58. The average molecular weight is 310 g/mol. The molecule has 4 nitrogen and oxygen atoms in total. The lowest BCUT2D eigenvalue weighted by molar-refractivity contribution is 0.0938. The van der Waals surface area contributed by atoms with E-state index in [0.29, 0.717) is 17.5 Å². The average Bonchev–Trinajstić information content (AvgIpc) is 2.94. The third-order valence-corrected chi connectivity index (χ3v) is 4.11. The minimum absolute atomic E-state index is 0. The molecule has 2 aliphatic rings. The molecule has 0 aromatic carbocycles. The molecule has 2 heterocycles. The number of rotatable bonds is 4. The standard InChI is InChI=1S/C11H15N3OS.2ClH/c15-10(13-5-7-3-12-4-7)9-6-16-11(14-9)8-1-2-8;;/h6-8,12H,1-5H2,(H,13,15);2*1H. The molecule has 2 fully saturated rings. The number of carbonyl (C=O) groups is 1. The quantitative estimate of drug-likeness (QED) is 0.892. The molecule has 0 spiro atoms. The molecular weight excluding hydrogens is 293 g/mol. The summed E-state index contributed by atoms with van der Waals surface area (Å²) in [5, 5.41) is 9.14. The van der Waals surface area contributed by atoms with Crippen molar-refractivity contribution in [1.29, 1.82) is 0 Å². The van der Waals surface area contributed by atoms with Gasteiger partial charge >= 0.3 is 0 Å². The van der Waals surface area contributed by atoms with E-state index in [-0.39, 0.29) is 30.7 Å². The van der Waals surface area contributed by atoms with Crippen LogP contribution in [-0.2, 0) is 0 Å². The van der Waals surface area contributed by atoms with Crippen LogP contribution in [0.3, 0.4) is 0 Å².